The predicted molar refractivity (Wildman–Crippen MR) is 47.7 cm³/mol. The minimum absolute atomic E-state index is 0.714. The molecule has 0 saturated heterocycles. The van der Waals surface area contributed by atoms with E-state index < -0.39 is 0 Å². The van der Waals surface area contributed by atoms with Crippen LogP contribution in [0.5, 0.6) is 0 Å². The zero-order chi connectivity index (χ0) is 8.10. The van der Waals surface area contributed by atoms with Crippen molar-refractivity contribution in [3.05, 3.63) is 35.9 Å². The quantitative estimate of drug-likeness (QED) is 0.617. The minimum atomic E-state index is 0.714. The van der Waals surface area contributed by atoms with Crippen molar-refractivity contribution in [1.29, 1.82) is 5.41 Å². The van der Waals surface area contributed by atoms with Gasteiger partial charge in [0, 0.05) is 18.8 Å². The summed E-state index contributed by atoms with van der Waals surface area (Å²) < 4.78 is 0. The van der Waals surface area contributed by atoms with E-state index >= 15 is 0 Å². The number of aliphatic imine (C=N–C) groups is 1. The zero-order valence-corrected chi connectivity index (χ0v) is 6.41. The summed E-state index contributed by atoms with van der Waals surface area (Å²) in [6.45, 7) is 0. The minimum Gasteiger partial charge on any atom is -0.306 e. The van der Waals surface area contributed by atoms with Crippen LogP contribution in [0.1, 0.15) is 5.56 Å². The van der Waals surface area contributed by atoms with Crippen LogP contribution in [0.25, 0.3) is 0 Å². The Labute approximate surface area is 66.1 Å². The summed E-state index contributed by atoms with van der Waals surface area (Å²) in [6.07, 6.45) is 1.26. The lowest BCUT2D eigenvalue weighted by Gasteiger charge is -1.96. The number of hydrogen-bond acceptors (Lipinski definition) is 2. The molecule has 0 spiro atoms. The summed E-state index contributed by atoms with van der Waals surface area (Å²) in [5.74, 6) is 0. The van der Waals surface area contributed by atoms with Crippen molar-refractivity contribution < 1.29 is 0 Å². The van der Waals surface area contributed by atoms with Crippen molar-refractivity contribution in [2.24, 2.45) is 4.99 Å². The first-order valence-corrected chi connectivity index (χ1v) is 3.41. The Morgan fingerprint density at radius 2 is 2.00 bits per heavy atom. The summed E-state index contributed by atoms with van der Waals surface area (Å²) in [4.78, 5) is 3.95. The normalized spacial score (nSPS) is 11.2. The van der Waals surface area contributed by atoms with Crippen LogP contribution in [0, 0.1) is 5.41 Å². The van der Waals surface area contributed by atoms with Gasteiger partial charge >= 0.3 is 0 Å². The Bertz CT molecular complexity index is 262. The van der Waals surface area contributed by atoms with E-state index in [9.17, 15) is 0 Å². The van der Waals surface area contributed by atoms with E-state index in [1.807, 2.05) is 30.3 Å². The second kappa shape index (κ2) is 3.66. The largest absolute Gasteiger partial charge is 0.306 e. The molecular formula is C9H10N2. The van der Waals surface area contributed by atoms with Crippen molar-refractivity contribution in [1.82, 2.24) is 0 Å². The van der Waals surface area contributed by atoms with Crippen molar-refractivity contribution >= 4 is 11.9 Å². The monoisotopic (exact) mass is 146 g/mol. The van der Waals surface area contributed by atoms with Crippen LogP contribution in [0.15, 0.2) is 35.3 Å². The molecule has 2 nitrogen and oxygen atoms in total. The van der Waals surface area contributed by atoms with Gasteiger partial charge in [-0.2, -0.15) is 0 Å². The third kappa shape index (κ3) is 1.74. The summed E-state index contributed by atoms with van der Waals surface area (Å²) in [6, 6.07) is 9.69. The molecule has 1 aromatic carbocycles. The van der Waals surface area contributed by atoms with Crippen molar-refractivity contribution in [2.45, 2.75) is 0 Å². The van der Waals surface area contributed by atoms with Gasteiger partial charge in [0.1, 0.15) is 0 Å². The third-order valence-electron chi connectivity index (χ3n) is 1.45. The van der Waals surface area contributed by atoms with E-state index in [1.165, 1.54) is 6.21 Å². The second-order valence-electron chi connectivity index (χ2n) is 2.12. The lowest BCUT2D eigenvalue weighted by molar-refractivity contribution is 1.44. The lowest BCUT2D eigenvalue weighted by atomic mass is 10.1. The summed E-state index contributed by atoms with van der Waals surface area (Å²) in [7, 11) is 1.69. The van der Waals surface area contributed by atoms with Gasteiger partial charge in [0.15, 0.2) is 0 Å². The van der Waals surface area contributed by atoms with Crippen LogP contribution in [-0.2, 0) is 0 Å². The molecule has 0 aliphatic rings. The highest BCUT2D eigenvalue weighted by Crippen LogP contribution is 1.98. The van der Waals surface area contributed by atoms with Gasteiger partial charge in [0.05, 0.1) is 5.71 Å². The topological polar surface area (TPSA) is 36.2 Å². The fourth-order valence-electron chi connectivity index (χ4n) is 0.886. The number of nitrogens with one attached hydrogen (secondary N) is 1. The molecule has 0 bridgehead atoms. The Morgan fingerprint density at radius 1 is 1.36 bits per heavy atom. The number of rotatable bonds is 2. The first kappa shape index (κ1) is 7.66. The SMILES string of the molecule is C/N=C(/C=N)c1ccccc1. The van der Waals surface area contributed by atoms with Gasteiger partial charge in [0.2, 0.25) is 0 Å². The fraction of sp³-hybridized carbons (Fsp3) is 0.111. The molecule has 0 aliphatic carbocycles. The maximum absolute atomic E-state index is 7.04. The number of hydrogen-bond donors (Lipinski definition) is 1. The molecule has 0 heterocycles. The van der Waals surface area contributed by atoms with Crippen LogP contribution >= 0.6 is 0 Å². The Balaban J connectivity index is 3.01. The first-order chi connectivity index (χ1) is 5.38. The predicted octanol–water partition coefficient (Wildman–Crippen LogP) is 1.76. The molecular weight excluding hydrogens is 136 g/mol. The van der Waals surface area contributed by atoms with Crippen LogP contribution in [0.4, 0.5) is 0 Å². The molecule has 56 valence electrons. The fourth-order valence-corrected chi connectivity index (χ4v) is 0.886. The molecule has 0 saturated carbocycles. The van der Waals surface area contributed by atoms with Gasteiger partial charge in [0.25, 0.3) is 0 Å². The van der Waals surface area contributed by atoms with Crippen molar-refractivity contribution in [3.63, 3.8) is 0 Å². The van der Waals surface area contributed by atoms with Gasteiger partial charge in [-0.05, 0) is 0 Å². The van der Waals surface area contributed by atoms with Crippen LogP contribution < -0.4 is 0 Å². The molecule has 0 amide bonds. The molecule has 2 heteroatoms. The molecule has 11 heavy (non-hydrogen) atoms. The summed E-state index contributed by atoms with van der Waals surface area (Å²) in [5.41, 5.74) is 1.70. The molecule has 0 aliphatic heterocycles. The van der Waals surface area contributed by atoms with E-state index in [1.54, 1.807) is 7.05 Å². The highest BCUT2D eigenvalue weighted by Gasteiger charge is 1.94. The van der Waals surface area contributed by atoms with E-state index in [0.717, 1.165) is 5.56 Å². The van der Waals surface area contributed by atoms with Gasteiger partial charge in [-0.15, -0.1) is 0 Å². The molecule has 1 aromatic rings. The van der Waals surface area contributed by atoms with Gasteiger partial charge < -0.3 is 5.41 Å². The Kier molecular flexibility index (Phi) is 2.55. The number of benzene rings is 1. The first-order valence-electron chi connectivity index (χ1n) is 3.41. The van der Waals surface area contributed by atoms with E-state index in [2.05, 4.69) is 4.99 Å². The highest BCUT2D eigenvalue weighted by atomic mass is 14.7. The van der Waals surface area contributed by atoms with E-state index in [4.69, 9.17) is 5.41 Å². The zero-order valence-electron chi connectivity index (χ0n) is 6.41. The highest BCUT2D eigenvalue weighted by molar-refractivity contribution is 6.37. The Hall–Kier alpha value is -1.44. The Morgan fingerprint density at radius 3 is 2.45 bits per heavy atom. The van der Waals surface area contributed by atoms with E-state index in [-0.39, 0.29) is 0 Å². The molecule has 0 fully saturated rings. The third-order valence-corrected chi connectivity index (χ3v) is 1.45. The number of nitrogens with zero attached hydrogens (tertiary/aromatic N) is 1. The smallest absolute Gasteiger partial charge is 0.0818 e. The second-order valence-corrected chi connectivity index (χ2v) is 2.12. The molecule has 0 unspecified atom stereocenters. The van der Waals surface area contributed by atoms with Crippen LogP contribution in [-0.4, -0.2) is 19.0 Å². The molecule has 0 radical (unpaired) electrons. The molecule has 0 aromatic heterocycles. The van der Waals surface area contributed by atoms with Crippen LogP contribution in [0.2, 0.25) is 0 Å². The summed E-state index contributed by atoms with van der Waals surface area (Å²) in [5, 5.41) is 7.04. The van der Waals surface area contributed by atoms with Gasteiger partial charge in [-0.3, -0.25) is 4.99 Å². The standard InChI is InChI=1S/C9H10N2/c1-11-9(7-10)8-5-3-2-4-6-8/h2-7,10H,1H3/b10-7?,11-9-. The van der Waals surface area contributed by atoms with Gasteiger partial charge in [-0.25, -0.2) is 0 Å². The summed E-state index contributed by atoms with van der Waals surface area (Å²) >= 11 is 0. The van der Waals surface area contributed by atoms with Crippen molar-refractivity contribution in [3.8, 4) is 0 Å². The van der Waals surface area contributed by atoms with E-state index in [0.29, 0.717) is 5.71 Å². The molecule has 1 rings (SSSR count). The maximum Gasteiger partial charge on any atom is 0.0818 e. The molecule has 0 atom stereocenters. The van der Waals surface area contributed by atoms with Crippen LogP contribution in [0.3, 0.4) is 0 Å². The van der Waals surface area contributed by atoms with Crippen molar-refractivity contribution in [2.75, 3.05) is 7.05 Å². The maximum atomic E-state index is 7.04. The average Bonchev–Trinajstić information content (AvgIpc) is 2.09. The average molecular weight is 146 g/mol. The molecule has 1 N–H and O–H groups in total. The lowest BCUT2D eigenvalue weighted by Crippen LogP contribution is -2.00. The van der Waals surface area contributed by atoms with Gasteiger partial charge in [-0.1, -0.05) is 30.3 Å².